The van der Waals surface area contributed by atoms with Crippen molar-refractivity contribution in [1.82, 2.24) is 4.98 Å². The highest BCUT2D eigenvalue weighted by molar-refractivity contribution is 5.93. The molecule has 2 aromatic rings. The zero-order chi connectivity index (χ0) is 12.4. The molecule has 0 spiro atoms. The van der Waals surface area contributed by atoms with E-state index in [2.05, 4.69) is 4.98 Å². The highest BCUT2D eigenvalue weighted by Crippen LogP contribution is 2.23. The molecule has 0 radical (unpaired) electrons. The average molecular weight is 230 g/mol. The Morgan fingerprint density at radius 3 is 2.59 bits per heavy atom. The van der Waals surface area contributed by atoms with Gasteiger partial charge in [0.1, 0.15) is 17.1 Å². The third-order valence-corrected chi connectivity index (χ3v) is 2.30. The second kappa shape index (κ2) is 4.13. The number of nitrogen functional groups attached to an aromatic ring is 1. The molecule has 0 amide bonds. The van der Waals surface area contributed by atoms with Gasteiger partial charge in [0.05, 0.1) is 5.69 Å². The monoisotopic (exact) mass is 230 g/mol. The van der Waals surface area contributed by atoms with Gasteiger partial charge in [-0.15, -0.1) is 0 Å². The summed E-state index contributed by atoms with van der Waals surface area (Å²) < 4.78 is 0. The van der Waals surface area contributed by atoms with E-state index < -0.39 is 5.97 Å². The molecule has 1 aromatic heterocycles. The van der Waals surface area contributed by atoms with Gasteiger partial charge in [-0.25, -0.2) is 9.78 Å². The van der Waals surface area contributed by atoms with Gasteiger partial charge in [-0.3, -0.25) is 0 Å². The number of aromatic hydroxyl groups is 1. The van der Waals surface area contributed by atoms with Gasteiger partial charge < -0.3 is 15.9 Å². The summed E-state index contributed by atoms with van der Waals surface area (Å²) in [5.74, 6) is -1.04. The lowest BCUT2D eigenvalue weighted by Crippen LogP contribution is -2.04. The molecule has 17 heavy (non-hydrogen) atoms. The number of carboxylic acids is 1. The van der Waals surface area contributed by atoms with Crippen LogP contribution >= 0.6 is 0 Å². The van der Waals surface area contributed by atoms with Gasteiger partial charge in [0.15, 0.2) is 0 Å². The lowest BCUT2D eigenvalue weighted by atomic mass is 10.1. The molecule has 5 heteroatoms. The van der Waals surface area contributed by atoms with Crippen molar-refractivity contribution in [3.8, 4) is 17.0 Å². The van der Waals surface area contributed by atoms with E-state index >= 15 is 0 Å². The summed E-state index contributed by atoms with van der Waals surface area (Å²) in [6.07, 6.45) is 0. The summed E-state index contributed by atoms with van der Waals surface area (Å²) in [7, 11) is 0. The number of aromatic nitrogens is 1. The summed E-state index contributed by atoms with van der Waals surface area (Å²) in [6.45, 7) is 0. The van der Waals surface area contributed by atoms with Crippen molar-refractivity contribution in [2.45, 2.75) is 0 Å². The van der Waals surface area contributed by atoms with Crippen molar-refractivity contribution in [3.63, 3.8) is 0 Å². The molecule has 0 fully saturated rings. The highest BCUT2D eigenvalue weighted by atomic mass is 16.4. The number of hydrogen-bond donors (Lipinski definition) is 3. The van der Waals surface area contributed by atoms with Crippen LogP contribution in [-0.4, -0.2) is 21.2 Å². The minimum Gasteiger partial charge on any atom is -0.508 e. The first-order chi connectivity index (χ1) is 8.08. The Balaban J connectivity index is 2.48. The van der Waals surface area contributed by atoms with Crippen molar-refractivity contribution in [1.29, 1.82) is 0 Å². The fraction of sp³-hybridized carbons (Fsp3) is 0. The van der Waals surface area contributed by atoms with Crippen LogP contribution < -0.4 is 5.73 Å². The van der Waals surface area contributed by atoms with Gasteiger partial charge >= 0.3 is 5.97 Å². The van der Waals surface area contributed by atoms with Crippen LogP contribution in [0, 0.1) is 0 Å². The molecule has 0 saturated carbocycles. The first kappa shape index (κ1) is 10.9. The molecule has 1 heterocycles. The van der Waals surface area contributed by atoms with E-state index in [4.69, 9.17) is 10.8 Å². The van der Waals surface area contributed by atoms with Crippen molar-refractivity contribution in [3.05, 3.63) is 42.0 Å². The van der Waals surface area contributed by atoms with E-state index in [0.717, 1.165) is 0 Å². The second-order valence-corrected chi connectivity index (χ2v) is 3.48. The van der Waals surface area contributed by atoms with Gasteiger partial charge in [0, 0.05) is 5.56 Å². The maximum atomic E-state index is 10.8. The number of carboxylic acid groups (broad SMARTS) is 1. The zero-order valence-corrected chi connectivity index (χ0v) is 8.79. The molecule has 0 aliphatic rings. The van der Waals surface area contributed by atoms with Gasteiger partial charge in [-0.05, 0) is 24.3 Å². The molecule has 2 rings (SSSR count). The molecule has 0 aliphatic heterocycles. The van der Waals surface area contributed by atoms with E-state index in [1.165, 1.54) is 12.1 Å². The average Bonchev–Trinajstić information content (AvgIpc) is 2.28. The second-order valence-electron chi connectivity index (χ2n) is 3.48. The van der Waals surface area contributed by atoms with Gasteiger partial charge in [0.2, 0.25) is 0 Å². The summed E-state index contributed by atoms with van der Waals surface area (Å²) in [5, 5.41) is 18.1. The van der Waals surface area contributed by atoms with Gasteiger partial charge in [-0.2, -0.15) is 0 Å². The Kier molecular flexibility index (Phi) is 2.66. The molecule has 0 unspecified atom stereocenters. The molecule has 0 atom stereocenters. The van der Waals surface area contributed by atoms with Crippen LogP contribution in [0.2, 0.25) is 0 Å². The summed E-state index contributed by atoms with van der Waals surface area (Å²) in [6, 6.07) is 9.44. The number of pyridine rings is 1. The summed E-state index contributed by atoms with van der Waals surface area (Å²) in [4.78, 5) is 14.8. The Hall–Kier alpha value is -2.56. The summed E-state index contributed by atoms with van der Waals surface area (Å²) in [5.41, 5.74) is 6.70. The third-order valence-electron chi connectivity index (χ3n) is 2.30. The van der Waals surface area contributed by atoms with Crippen LogP contribution in [-0.2, 0) is 0 Å². The number of benzene rings is 1. The number of nitrogens with zero attached hydrogens (tertiary/aromatic N) is 1. The molecule has 0 bridgehead atoms. The van der Waals surface area contributed by atoms with Crippen molar-refractivity contribution in [2.24, 2.45) is 0 Å². The number of rotatable bonds is 2. The number of hydrogen-bond acceptors (Lipinski definition) is 4. The van der Waals surface area contributed by atoms with E-state index in [0.29, 0.717) is 11.3 Å². The minimum atomic E-state index is -1.11. The SMILES string of the molecule is Nc1nc(-c2cccc(O)c2)ccc1C(=O)O. The van der Waals surface area contributed by atoms with Crippen LogP contribution in [0.1, 0.15) is 10.4 Å². The standard InChI is InChI=1S/C12H10N2O3/c13-11-9(12(16)17)4-5-10(14-11)7-2-1-3-8(15)6-7/h1-6,15H,(H2,13,14)(H,16,17). The van der Waals surface area contributed by atoms with Crippen molar-refractivity contribution in [2.75, 3.05) is 5.73 Å². The van der Waals surface area contributed by atoms with Crippen molar-refractivity contribution >= 4 is 11.8 Å². The predicted molar refractivity (Wildman–Crippen MR) is 62.7 cm³/mol. The Morgan fingerprint density at radius 1 is 1.24 bits per heavy atom. The van der Waals surface area contributed by atoms with Gasteiger partial charge in [-0.1, -0.05) is 12.1 Å². The molecule has 4 N–H and O–H groups in total. The highest BCUT2D eigenvalue weighted by Gasteiger charge is 2.10. The lowest BCUT2D eigenvalue weighted by molar-refractivity contribution is 0.0697. The minimum absolute atomic E-state index is 0.0334. The largest absolute Gasteiger partial charge is 0.508 e. The normalized spacial score (nSPS) is 10.1. The van der Waals surface area contributed by atoms with Crippen LogP contribution in [0.5, 0.6) is 5.75 Å². The molecular weight excluding hydrogens is 220 g/mol. The summed E-state index contributed by atoms with van der Waals surface area (Å²) >= 11 is 0. The smallest absolute Gasteiger partial charge is 0.339 e. The number of phenols is 1. The number of anilines is 1. The Morgan fingerprint density at radius 2 is 2.00 bits per heavy atom. The fourth-order valence-corrected chi connectivity index (χ4v) is 1.48. The molecule has 0 aliphatic carbocycles. The number of aromatic carboxylic acids is 1. The van der Waals surface area contributed by atoms with Crippen LogP contribution in [0.25, 0.3) is 11.3 Å². The van der Waals surface area contributed by atoms with E-state index in [-0.39, 0.29) is 17.1 Å². The third kappa shape index (κ3) is 2.17. The molecule has 1 aromatic carbocycles. The number of carbonyl (C=O) groups is 1. The van der Waals surface area contributed by atoms with Crippen molar-refractivity contribution < 1.29 is 15.0 Å². The molecule has 0 saturated heterocycles. The predicted octanol–water partition coefficient (Wildman–Crippen LogP) is 1.73. The lowest BCUT2D eigenvalue weighted by Gasteiger charge is -2.04. The van der Waals surface area contributed by atoms with E-state index in [1.54, 1.807) is 24.3 Å². The van der Waals surface area contributed by atoms with Crippen LogP contribution in [0.4, 0.5) is 5.82 Å². The first-order valence-electron chi connectivity index (χ1n) is 4.87. The number of nitrogens with two attached hydrogens (primary N) is 1. The number of phenolic OH excluding ortho intramolecular Hbond substituents is 1. The molecule has 5 nitrogen and oxygen atoms in total. The van der Waals surface area contributed by atoms with E-state index in [1.807, 2.05) is 0 Å². The van der Waals surface area contributed by atoms with Crippen LogP contribution in [0.15, 0.2) is 36.4 Å². The molecule has 86 valence electrons. The maximum absolute atomic E-state index is 10.8. The van der Waals surface area contributed by atoms with Crippen LogP contribution in [0.3, 0.4) is 0 Å². The fourth-order valence-electron chi connectivity index (χ4n) is 1.48. The molecular formula is C12H10N2O3. The Bertz CT molecular complexity index is 582. The van der Waals surface area contributed by atoms with Gasteiger partial charge in [0.25, 0.3) is 0 Å². The Labute approximate surface area is 97.2 Å². The zero-order valence-electron chi connectivity index (χ0n) is 8.79. The quantitative estimate of drug-likeness (QED) is 0.730. The topological polar surface area (TPSA) is 96.4 Å². The van der Waals surface area contributed by atoms with E-state index in [9.17, 15) is 9.90 Å². The maximum Gasteiger partial charge on any atom is 0.339 e. The first-order valence-corrected chi connectivity index (χ1v) is 4.87.